The summed E-state index contributed by atoms with van der Waals surface area (Å²) in [6.07, 6.45) is 5.75. The van der Waals surface area contributed by atoms with Gasteiger partial charge in [0.2, 0.25) is 0 Å². The number of halogens is 2. The average Bonchev–Trinajstić information content (AvgIpc) is 2.38. The maximum atomic E-state index is 6.33. The molecule has 1 aliphatic rings. The zero-order chi connectivity index (χ0) is 13.0. The van der Waals surface area contributed by atoms with E-state index in [0.717, 1.165) is 9.45 Å². The Morgan fingerprint density at radius 1 is 1.39 bits per heavy atom. The largest absolute Gasteiger partial charge is 0.369 e. The van der Waals surface area contributed by atoms with Crippen molar-refractivity contribution in [3.63, 3.8) is 0 Å². The van der Waals surface area contributed by atoms with Gasteiger partial charge >= 0.3 is 0 Å². The molecule has 0 heterocycles. The third-order valence-electron chi connectivity index (χ3n) is 3.73. The summed E-state index contributed by atoms with van der Waals surface area (Å²) < 4.78 is 7.30. The van der Waals surface area contributed by atoms with Crippen molar-refractivity contribution in [2.75, 3.05) is 4.43 Å². The molecule has 18 heavy (non-hydrogen) atoms. The van der Waals surface area contributed by atoms with Gasteiger partial charge in [0.05, 0.1) is 12.2 Å². The van der Waals surface area contributed by atoms with E-state index in [2.05, 4.69) is 35.6 Å². The highest BCUT2D eigenvalue weighted by molar-refractivity contribution is 14.1. The van der Waals surface area contributed by atoms with Crippen LogP contribution >= 0.6 is 34.2 Å². The van der Waals surface area contributed by atoms with Crippen LogP contribution in [0.3, 0.4) is 0 Å². The first-order chi connectivity index (χ1) is 8.70. The molecule has 1 nitrogen and oxygen atoms in total. The zero-order valence-electron chi connectivity index (χ0n) is 10.7. The van der Waals surface area contributed by atoms with Crippen LogP contribution in [0.2, 0.25) is 5.02 Å². The van der Waals surface area contributed by atoms with E-state index in [-0.39, 0.29) is 6.10 Å². The molecule has 0 spiro atoms. The maximum Gasteiger partial charge on any atom is 0.0918 e. The van der Waals surface area contributed by atoms with Crippen LogP contribution in [-0.4, -0.2) is 10.5 Å². The minimum absolute atomic E-state index is 0.176. The maximum absolute atomic E-state index is 6.33. The molecular weight excluding hydrogens is 359 g/mol. The summed E-state index contributed by atoms with van der Waals surface area (Å²) in [5.41, 5.74) is 1.20. The molecule has 3 heteroatoms. The van der Waals surface area contributed by atoms with Crippen molar-refractivity contribution in [3.05, 3.63) is 34.9 Å². The lowest BCUT2D eigenvalue weighted by Gasteiger charge is -2.32. The number of rotatable bonds is 4. The molecule has 2 rings (SSSR count). The second kappa shape index (κ2) is 7.11. The fourth-order valence-electron chi connectivity index (χ4n) is 2.61. The fourth-order valence-corrected chi connectivity index (χ4v) is 3.52. The van der Waals surface area contributed by atoms with Crippen molar-refractivity contribution in [3.8, 4) is 0 Å². The van der Waals surface area contributed by atoms with E-state index in [9.17, 15) is 0 Å². The normalized spacial score (nSPS) is 25.9. The predicted molar refractivity (Wildman–Crippen MR) is 85.6 cm³/mol. The Morgan fingerprint density at radius 2 is 2.17 bits per heavy atom. The van der Waals surface area contributed by atoms with E-state index in [1.54, 1.807) is 0 Å². The summed E-state index contributed by atoms with van der Waals surface area (Å²) in [4.78, 5) is 0. The summed E-state index contributed by atoms with van der Waals surface area (Å²) in [6.45, 7) is 2.31. The highest BCUT2D eigenvalue weighted by Gasteiger charge is 2.25. The summed E-state index contributed by atoms with van der Waals surface area (Å²) >= 11 is 8.46. The lowest BCUT2D eigenvalue weighted by Crippen LogP contribution is -2.27. The van der Waals surface area contributed by atoms with Crippen LogP contribution in [0.15, 0.2) is 24.3 Å². The van der Waals surface area contributed by atoms with Crippen molar-refractivity contribution >= 4 is 34.2 Å². The molecule has 1 fully saturated rings. The first-order valence-electron chi connectivity index (χ1n) is 6.67. The van der Waals surface area contributed by atoms with Gasteiger partial charge in [-0.05, 0) is 36.5 Å². The predicted octanol–water partition coefficient (Wildman–Crippen LogP) is 5.41. The number of alkyl halides is 1. The topological polar surface area (TPSA) is 9.23 Å². The average molecular weight is 379 g/mol. The number of hydrogen-bond acceptors (Lipinski definition) is 1. The van der Waals surface area contributed by atoms with Crippen LogP contribution < -0.4 is 0 Å². The highest BCUT2D eigenvalue weighted by Crippen LogP contribution is 2.32. The third-order valence-corrected chi connectivity index (χ3v) is 4.77. The minimum atomic E-state index is 0.176. The summed E-state index contributed by atoms with van der Waals surface area (Å²) in [6, 6.07) is 8.06. The first kappa shape index (κ1) is 14.6. The molecule has 0 amide bonds. The molecule has 0 aliphatic heterocycles. The highest BCUT2D eigenvalue weighted by atomic mass is 127. The van der Waals surface area contributed by atoms with Crippen molar-refractivity contribution < 1.29 is 4.74 Å². The van der Waals surface area contributed by atoms with E-state index >= 15 is 0 Å². The molecule has 100 valence electrons. The quantitative estimate of drug-likeness (QED) is 0.503. The third kappa shape index (κ3) is 3.84. The smallest absolute Gasteiger partial charge is 0.0918 e. The van der Waals surface area contributed by atoms with E-state index in [4.69, 9.17) is 16.3 Å². The standard InChI is InChI=1S/C15H20ClIO/c1-11-5-2-3-8-14(11)18-15(10-17)12-6-4-7-13(16)9-12/h4,6-7,9,11,14-15H,2-3,5,8,10H2,1H3. The molecule has 1 aliphatic carbocycles. The van der Waals surface area contributed by atoms with Crippen LogP contribution in [0.25, 0.3) is 0 Å². The first-order valence-corrected chi connectivity index (χ1v) is 8.58. The Labute approximate surface area is 128 Å². The molecule has 0 aromatic heterocycles. The van der Waals surface area contributed by atoms with Crippen LogP contribution in [-0.2, 0) is 4.74 Å². The van der Waals surface area contributed by atoms with E-state index in [1.807, 2.05) is 18.2 Å². The Balaban J connectivity index is 2.04. The molecule has 1 aromatic carbocycles. The summed E-state index contributed by atoms with van der Waals surface area (Å²) in [5, 5.41) is 0.794. The van der Waals surface area contributed by atoms with Gasteiger partial charge in [-0.1, -0.05) is 66.1 Å². The van der Waals surface area contributed by atoms with Crippen molar-refractivity contribution in [1.82, 2.24) is 0 Å². The van der Waals surface area contributed by atoms with Crippen LogP contribution in [0.5, 0.6) is 0 Å². The van der Waals surface area contributed by atoms with Gasteiger partial charge in [-0.25, -0.2) is 0 Å². The fraction of sp³-hybridized carbons (Fsp3) is 0.600. The summed E-state index contributed by atoms with van der Waals surface area (Å²) in [7, 11) is 0. The van der Waals surface area contributed by atoms with Gasteiger partial charge in [-0.2, -0.15) is 0 Å². The number of ether oxygens (including phenoxy) is 1. The van der Waals surface area contributed by atoms with Gasteiger partial charge in [-0.3, -0.25) is 0 Å². The van der Waals surface area contributed by atoms with Gasteiger partial charge in [-0.15, -0.1) is 0 Å². The Hall–Kier alpha value is 0.200. The molecule has 3 unspecified atom stereocenters. The Bertz CT molecular complexity index is 383. The van der Waals surface area contributed by atoms with E-state index in [0.29, 0.717) is 12.0 Å². The van der Waals surface area contributed by atoms with Crippen LogP contribution in [0, 0.1) is 5.92 Å². The van der Waals surface area contributed by atoms with Crippen molar-refractivity contribution in [1.29, 1.82) is 0 Å². The van der Waals surface area contributed by atoms with Gasteiger partial charge in [0.25, 0.3) is 0 Å². The Kier molecular flexibility index (Phi) is 5.77. The molecule has 3 atom stereocenters. The Morgan fingerprint density at radius 3 is 2.83 bits per heavy atom. The summed E-state index contributed by atoms with van der Waals surface area (Å²) in [5.74, 6) is 0.684. The monoisotopic (exact) mass is 378 g/mol. The van der Waals surface area contributed by atoms with Gasteiger partial charge < -0.3 is 4.74 Å². The van der Waals surface area contributed by atoms with Crippen LogP contribution in [0.1, 0.15) is 44.3 Å². The molecule has 1 aromatic rings. The van der Waals surface area contributed by atoms with Gasteiger partial charge in [0.15, 0.2) is 0 Å². The molecule has 0 bridgehead atoms. The van der Waals surface area contributed by atoms with E-state index in [1.165, 1.54) is 31.2 Å². The lowest BCUT2D eigenvalue weighted by molar-refractivity contribution is -0.0461. The van der Waals surface area contributed by atoms with Crippen molar-refractivity contribution in [2.24, 2.45) is 5.92 Å². The minimum Gasteiger partial charge on any atom is -0.369 e. The molecule has 0 saturated heterocycles. The zero-order valence-corrected chi connectivity index (χ0v) is 13.7. The van der Waals surface area contributed by atoms with Crippen molar-refractivity contribution in [2.45, 2.75) is 44.8 Å². The number of benzene rings is 1. The second-order valence-corrected chi connectivity index (χ2v) is 6.45. The molecule has 1 saturated carbocycles. The second-order valence-electron chi connectivity index (χ2n) is 5.13. The van der Waals surface area contributed by atoms with Crippen LogP contribution in [0.4, 0.5) is 0 Å². The molecule has 0 radical (unpaired) electrons. The molecular formula is C15H20ClIO. The van der Waals surface area contributed by atoms with Gasteiger partial charge in [0, 0.05) is 9.45 Å². The number of hydrogen-bond donors (Lipinski definition) is 0. The molecule has 0 N–H and O–H groups in total. The lowest BCUT2D eigenvalue weighted by atomic mass is 9.88. The van der Waals surface area contributed by atoms with E-state index < -0.39 is 0 Å². The van der Waals surface area contributed by atoms with Gasteiger partial charge in [0.1, 0.15) is 0 Å². The SMILES string of the molecule is CC1CCCCC1OC(CI)c1cccc(Cl)c1.